The number of hydrogen-bond donors (Lipinski definition) is 1. The molecule has 1 aromatic carbocycles. The molecule has 0 saturated heterocycles. The van der Waals surface area contributed by atoms with E-state index in [0.29, 0.717) is 34.2 Å². The average molecular weight is 386 g/mol. The van der Waals surface area contributed by atoms with Gasteiger partial charge in [0.1, 0.15) is 5.75 Å². The first-order chi connectivity index (χ1) is 12.8. The van der Waals surface area contributed by atoms with Gasteiger partial charge in [0.2, 0.25) is 5.16 Å². The van der Waals surface area contributed by atoms with Crippen molar-refractivity contribution in [3.63, 3.8) is 0 Å². The Morgan fingerprint density at radius 2 is 2.15 bits per heavy atom. The minimum atomic E-state index is 0.467. The molecule has 0 aliphatic heterocycles. The number of ether oxygens (including phenoxy) is 1. The van der Waals surface area contributed by atoms with Crippen molar-refractivity contribution < 1.29 is 9.26 Å². The maximum Gasteiger partial charge on any atom is 0.258 e. The van der Waals surface area contributed by atoms with Gasteiger partial charge in [-0.1, -0.05) is 29.1 Å². The maximum atomic E-state index is 6.16. The van der Waals surface area contributed by atoms with Crippen molar-refractivity contribution in [3.05, 3.63) is 46.9 Å². The largest absolute Gasteiger partial charge is 0.496 e. The number of thioether (sulfide) groups is 1. The van der Waals surface area contributed by atoms with Crippen molar-refractivity contribution in [1.29, 1.82) is 0 Å². The third kappa shape index (κ3) is 3.16. The summed E-state index contributed by atoms with van der Waals surface area (Å²) in [5.74, 6) is 8.91. The Bertz CT molecular complexity index is 1010. The molecule has 10 heteroatoms. The second kappa shape index (κ2) is 7.18. The summed E-state index contributed by atoms with van der Waals surface area (Å²) in [6, 6.07) is 9.45. The molecule has 0 aliphatic carbocycles. The van der Waals surface area contributed by atoms with Crippen LogP contribution in [0.15, 0.2) is 50.8 Å². The lowest BCUT2D eigenvalue weighted by molar-refractivity contribution is 0.416. The molecule has 4 aromatic rings. The third-order valence-electron chi connectivity index (χ3n) is 3.58. The zero-order chi connectivity index (χ0) is 17.9. The fourth-order valence-electron chi connectivity index (χ4n) is 2.33. The van der Waals surface area contributed by atoms with Crippen LogP contribution in [0, 0.1) is 0 Å². The number of nitrogens with zero attached hydrogens (tertiary/aromatic N) is 5. The van der Waals surface area contributed by atoms with Crippen LogP contribution >= 0.6 is 23.1 Å². The highest BCUT2D eigenvalue weighted by molar-refractivity contribution is 7.98. The van der Waals surface area contributed by atoms with E-state index in [9.17, 15) is 0 Å². The SMILES string of the molecule is COc1ccccc1-c1nnc(SCc2noc(-c3ccsc3)n2)n1N. The predicted molar refractivity (Wildman–Crippen MR) is 99.3 cm³/mol. The number of hydrogen-bond acceptors (Lipinski definition) is 9. The van der Waals surface area contributed by atoms with Crippen molar-refractivity contribution in [2.45, 2.75) is 10.9 Å². The normalized spacial score (nSPS) is 11.0. The number of methoxy groups -OCH3 is 1. The van der Waals surface area contributed by atoms with Crippen molar-refractivity contribution in [2.75, 3.05) is 13.0 Å². The Balaban J connectivity index is 1.51. The van der Waals surface area contributed by atoms with Gasteiger partial charge in [-0.15, -0.1) is 10.2 Å². The highest BCUT2D eigenvalue weighted by Crippen LogP contribution is 2.30. The molecule has 2 N–H and O–H groups in total. The molecule has 0 unspecified atom stereocenters. The van der Waals surface area contributed by atoms with Gasteiger partial charge in [-0.05, 0) is 23.6 Å². The lowest BCUT2D eigenvalue weighted by Crippen LogP contribution is -2.12. The van der Waals surface area contributed by atoms with E-state index >= 15 is 0 Å². The number of nitrogens with two attached hydrogens (primary N) is 1. The molecular weight excluding hydrogens is 372 g/mol. The minimum Gasteiger partial charge on any atom is -0.496 e. The Hall–Kier alpha value is -2.85. The summed E-state index contributed by atoms with van der Waals surface area (Å²) in [5, 5.41) is 16.8. The summed E-state index contributed by atoms with van der Waals surface area (Å²) in [7, 11) is 1.60. The van der Waals surface area contributed by atoms with Gasteiger partial charge in [-0.2, -0.15) is 16.3 Å². The molecule has 0 amide bonds. The first kappa shape index (κ1) is 16.6. The molecule has 0 aliphatic rings. The van der Waals surface area contributed by atoms with E-state index < -0.39 is 0 Å². The molecule has 3 heterocycles. The molecule has 0 bridgehead atoms. The molecule has 3 aromatic heterocycles. The van der Waals surface area contributed by atoms with E-state index in [1.807, 2.05) is 41.1 Å². The molecule has 0 radical (unpaired) electrons. The Labute approximate surface area is 157 Å². The molecule has 0 spiro atoms. The van der Waals surface area contributed by atoms with Crippen LogP contribution in [0.5, 0.6) is 5.75 Å². The Morgan fingerprint density at radius 3 is 2.96 bits per heavy atom. The zero-order valence-corrected chi connectivity index (χ0v) is 15.3. The molecule has 0 saturated carbocycles. The first-order valence-corrected chi connectivity index (χ1v) is 9.51. The first-order valence-electron chi connectivity index (χ1n) is 7.58. The Morgan fingerprint density at radius 1 is 1.27 bits per heavy atom. The summed E-state index contributed by atoms with van der Waals surface area (Å²) in [6.45, 7) is 0. The van der Waals surface area contributed by atoms with Gasteiger partial charge in [-0.25, -0.2) is 4.68 Å². The highest BCUT2D eigenvalue weighted by atomic mass is 32.2. The van der Waals surface area contributed by atoms with Crippen molar-refractivity contribution >= 4 is 23.1 Å². The smallest absolute Gasteiger partial charge is 0.258 e. The highest BCUT2D eigenvalue weighted by Gasteiger charge is 2.17. The fourth-order valence-corrected chi connectivity index (χ4v) is 3.66. The number of benzene rings is 1. The van der Waals surface area contributed by atoms with E-state index in [2.05, 4.69) is 20.3 Å². The van der Waals surface area contributed by atoms with Crippen LogP contribution in [0.4, 0.5) is 0 Å². The average Bonchev–Trinajstić information content (AvgIpc) is 3.41. The number of para-hydroxylation sites is 1. The standard InChI is InChI=1S/C16H14N6O2S2/c1-23-12-5-3-2-4-11(12)14-19-20-16(22(14)17)26-9-13-18-15(24-21-13)10-6-7-25-8-10/h2-8H,9,17H2,1H3. The van der Waals surface area contributed by atoms with Gasteiger partial charge in [0.05, 0.1) is 24.0 Å². The predicted octanol–water partition coefficient (Wildman–Crippen LogP) is 3.07. The molecule has 8 nitrogen and oxygen atoms in total. The van der Waals surface area contributed by atoms with Gasteiger partial charge >= 0.3 is 0 Å². The lowest BCUT2D eigenvalue weighted by atomic mass is 10.2. The topological polar surface area (TPSA) is 105 Å². The molecule has 4 rings (SSSR count). The van der Waals surface area contributed by atoms with Gasteiger partial charge in [0.15, 0.2) is 11.6 Å². The van der Waals surface area contributed by atoms with E-state index in [1.165, 1.54) is 16.4 Å². The van der Waals surface area contributed by atoms with E-state index in [0.717, 1.165) is 11.1 Å². The quantitative estimate of drug-likeness (QED) is 0.398. The van der Waals surface area contributed by atoms with Gasteiger partial charge in [0, 0.05) is 5.38 Å². The van der Waals surface area contributed by atoms with Gasteiger partial charge in [0.25, 0.3) is 5.89 Å². The fraction of sp³-hybridized carbons (Fsp3) is 0.125. The van der Waals surface area contributed by atoms with Crippen molar-refractivity contribution in [3.8, 4) is 28.6 Å². The summed E-state index contributed by atoms with van der Waals surface area (Å²) in [6.07, 6.45) is 0. The molecule has 26 heavy (non-hydrogen) atoms. The second-order valence-corrected chi connectivity index (χ2v) is 6.92. The monoisotopic (exact) mass is 386 g/mol. The van der Waals surface area contributed by atoms with Crippen LogP contribution < -0.4 is 10.6 Å². The van der Waals surface area contributed by atoms with Crippen LogP contribution in [0.3, 0.4) is 0 Å². The second-order valence-electron chi connectivity index (χ2n) is 5.19. The van der Waals surface area contributed by atoms with Crippen molar-refractivity contribution in [2.24, 2.45) is 0 Å². The van der Waals surface area contributed by atoms with Crippen LogP contribution in [-0.2, 0) is 5.75 Å². The van der Waals surface area contributed by atoms with Gasteiger partial charge in [-0.3, -0.25) is 0 Å². The van der Waals surface area contributed by atoms with E-state index in [4.69, 9.17) is 15.1 Å². The number of aromatic nitrogens is 5. The van der Waals surface area contributed by atoms with Crippen LogP contribution in [0.25, 0.3) is 22.8 Å². The van der Waals surface area contributed by atoms with Crippen LogP contribution in [-0.4, -0.2) is 32.1 Å². The van der Waals surface area contributed by atoms with Gasteiger partial charge < -0.3 is 15.1 Å². The molecular formula is C16H14N6O2S2. The summed E-state index contributed by atoms with van der Waals surface area (Å²) in [4.78, 5) is 4.38. The Kier molecular flexibility index (Phi) is 4.59. The molecule has 132 valence electrons. The number of rotatable bonds is 6. The summed E-state index contributed by atoms with van der Waals surface area (Å²) < 4.78 is 12.1. The number of nitrogen functional groups attached to an aromatic ring is 1. The van der Waals surface area contributed by atoms with E-state index in [-0.39, 0.29) is 0 Å². The maximum absolute atomic E-state index is 6.16. The minimum absolute atomic E-state index is 0.467. The molecule has 0 atom stereocenters. The molecule has 0 fully saturated rings. The third-order valence-corrected chi connectivity index (χ3v) is 5.20. The van der Waals surface area contributed by atoms with Crippen LogP contribution in [0.1, 0.15) is 5.82 Å². The number of thiophene rings is 1. The zero-order valence-electron chi connectivity index (χ0n) is 13.7. The van der Waals surface area contributed by atoms with Crippen LogP contribution in [0.2, 0.25) is 0 Å². The summed E-state index contributed by atoms with van der Waals surface area (Å²) >= 11 is 2.96. The van der Waals surface area contributed by atoms with E-state index in [1.54, 1.807) is 18.4 Å². The van der Waals surface area contributed by atoms with Crippen molar-refractivity contribution in [1.82, 2.24) is 25.0 Å². The lowest BCUT2D eigenvalue weighted by Gasteiger charge is -2.07. The summed E-state index contributed by atoms with van der Waals surface area (Å²) in [5.41, 5.74) is 1.69.